The van der Waals surface area contributed by atoms with Crippen molar-refractivity contribution in [1.82, 2.24) is 14.7 Å². The minimum absolute atomic E-state index is 0.0446. The molecule has 2 fully saturated rings. The number of nitrogens with zero attached hydrogens (tertiary/aromatic N) is 3. The molecule has 3 aliphatic heterocycles. The molecule has 1 spiro atoms. The van der Waals surface area contributed by atoms with Crippen molar-refractivity contribution in [3.63, 3.8) is 0 Å². The Bertz CT molecular complexity index is 709. The maximum absolute atomic E-state index is 13.3. The third-order valence-corrected chi connectivity index (χ3v) is 6.70. The molecule has 0 bridgehead atoms. The lowest BCUT2D eigenvalue weighted by Crippen LogP contribution is -2.54. The van der Waals surface area contributed by atoms with E-state index < -0.39 is 0 Å². The van der Waals surface area contributed by atoms with Gasteiger partial charge in [-0.15, -0.1) is 0 Å². The average molecular weight is 355 g/mol. The lowest BCUT2D eigenvalue weighted by molar-refractivity contribution is -0.139. The summed E-state index contributed by atoms with van der Waals surface area (Å²) in [6, 6.07) is 8.45. The van der Waals surface area contributed by atoms with Gasteiger partial charge in [0.25, 0.3) is 0 Å². The van der Waals surface area contributed by atoms with E-state index in [0.29, 0.717) is 6.42 Å². The number of fused-ring (bicyclic) bond motifs is 1. The highest BCUT2D eigenvalue weighted by atomic mass is 16.2. The second-order valence-electron chi connectivity index (χ2n) is 8.30. The van der Waals surface area contributed by atoms with E-state index in [1.54, 1.807) is 0 Å². The fraction of sp³-hybridized carbons (Fsp3) is 0.619. The number of hydrogen-bond acceptors (Lipinski definition) is 3. The van der Waals surface area contributed by atoms with Crippen molar-refractivity contribution >= 4 is 11.8 Å². The van der Waals surface area contributed by atoms with Gasteiger partial charge in [-0.2, -0.15) is 0 Å². The van der Waals surface area contributed by atoms with Crippen LogP contribution in [0.3, 0.4) is 0 Å². The second kappa shape index (κ2) is 6.69. The van der Waals surface area contributed by atoms with Gasteiger partial charge in [-0.1, -0.05) is 31.2 Å². The van der Waals surface area contributed by atoms with Crippen LogP contribution in [-0.4, -0.2) is 65.8 Å². The van der Waals surface area contributed by atoms with E-state index in [1.807, 2.05) is 11.9 Å². The predicted octanol–water partition coefficient (Wildman–Crippen LogP) is 1.90. The maximum atomic E-state index is 13.3. The van der Waals surface area contributed by atoms with Crippen LogP contribution in [0.5, 0.6) is 0 Å². The summed E-state index contributed by atoms with van der Waals surface area (Å²) in [4.78, 5) is 31.4. The Hall–Kier alpha value is -1.88. The molecule has 3 heterocycles. The normalized spacial score (nSPS) is 25.6. The van der Waals surface area contributed by atoms with Gasteiger partial charge in [0, 0.05) is 45.1 Å². The molecule has 0 radical (unpaired) electrons. The zero-order chi connectivity index (χ0) is 18.3. The molecule has 0 N–H and O–H groups in total. The van der Waals surface area contributed by atoms with Crippen molar-refractivity contribution in [1.29, 1.82) is 0 Å². The summed E-state index contributed by atoms with van der Waals surface area (Å²) in [5.41, 5.74) is 2.77. The van der Waals surface area contributed by atoms with Gasteiger partial charge in [0.05, 0.1) is 6.04 Å². The fourth-order valence-electron chi connectivity index (χ4n) is 5.00. The van der Waals surface area contributed by atoms with Gasteiger partial charge in [-0.05, 0) is 36.9 Å². The minimum atomic E-state index is -0.0446. The minimum Gasteiger partial charge on any atom is -0.345 e. The zero-order valence-electron chi connectivity index (χ0n) is 15.9. The number of likely N-dealkylation sites (tertiary alicyclic amines) is 2. The van der Waals surface area contributed by atoms with Crippen LogP contribution in [0, 0.1) is 5.41 Å². The topological polar surface area (TPSA) is 43.9 Å². The molecule has 140 valence electrons. The van der Waals surface area contributed by atoms with Crippen molar-refractivity contribution in [2.75, 3.05) is 33.2 Å². The lowest BCUT2D eigenvalue weighted by atomic mass is 9.77. The van der Waals surface area contributed by atoms with E-state index >= 15 is 0 Å². The number of rotatable bonds is 2. The monoisotopic (exact) mass is 355 g/mol. The first-order valence-corrected chi connectivity index (χ1v) is 9.85. The van der Waals surface area contributed by atoms with Gasteiger partial charge in [-0.25, -0.2) is 0 Å². The van der Waals surface area contributed by atoms with Crippen LogP contribution in [0.25, 0.3) is 0 Å². The molecule has 0 aliphatic carbocycles. The number of carbonyl (C=O) groups excluding carboxylic acids is 2. The maximum Gasteiger partial charge on any atom is 0.240 e. The van der Waals surface area contributed by atoms with Crippen LogP contribution >= 0.6 is 0 Å². The van der Waals surface area contributed by atoms with Crippen molar-refractivity contribution in [3.05, 3.63) is 35.4 Å². The highest BCUT2D eigenvalue weighted by molar-refractivity contribution is 5.83. The number of piperidine rings is 1. The largest absolute Gasteiger partial charge is 0.345 e. The van der Waals surface area contributed by atoms with Crippen molar-refractivity contribution in [3.8, 4) is 0 Å². The van der Waals surface area contributed by atoms with Crippen LogP contribution < -0.4 is 0 Å². The third kappa shape index (κ3) is 3.02. The molecule has 0 unspecified atom stereocenters. The van der Waals surface area contributed by atoms with Crippen LogP contribution in [0.4, 0.5) is 0 Å². The first-order valence-electron chi connectivity index (χ1n) is 9.85. The van der Waals surface area contributed by atoms with E-state index in [9.17, 15) is 9.59 Å². The summed E-state index contributed by atoms with van der Waals surface area (Å²) in [5.74, 6) is 0.528. The molecule has 0 aromatic heterocycles. The Morgan fingerprint density at radius 1 is 1.19 bits per heavy atom. The molecular weight excluding hydrogens is 326 g/mol. The molecule has 4 rings (SSSR count). The number of carbonyl (C=O) groups is 2. The molecule has 5 heteroatoms. The first-order chi connectivity index (χ1) is 12.5. The van der Waals surface area contributed by atoms with Crippen LogP contribution in [0.1, 0.15) is 37.3 Å². The first kappa shape index (κ1) is 17.5. The van der Waals surface area contributed by atoms with Crippen LogP contribution in [0.2, 0.25) is 0 Å². The third-order valence-electron chi connectivity index (χ3n) is 6.70. The standard InChI is InChI=1S/C21H29N3O2/c1-3-23-14-17-7-5-4-6-16(17)12-18(23)20(26)24-10-8-21(9-11-24)13-19(25)22(2)15-21/h4-7,18H,3,8-15H2,1-2H3/t18-/m1/s1. The smallest absolute Gasteiger partial charge is 0.240 e. The van der Waals surface area contributed by atoms with Gasteiger partial charge in [0.1, 0.15) is 0 Å². The van der Waals surface area contributed by atoms with Gasteiger partial charge >= 0.3 is 0 Å². The number of hydrogen-bond donors (Lipinski definition) is 0. The van der Waals surface area contributed by atoms with Gasteiger partial charge in [-0.3, -0.25) is 14.5 Å². The Kier molecular flexibility index (Phi) is 4.51. The predicted molar refractivity (Wildman–Crippen MR) is 101 cm³/mol. The molecule has 1 atom stereocenters. The number of likely N-dealkylation sites (N-methyl/N-ethyl adjacent to an activating group) is 1. The van der Waals surface area contributed by atoms with Crippen LogP contribution in [0.15, 0.2) is 24.3 Å². The van der Waals surface area contributed by atoms with Gasteiger partial charge in [0.2, 0.25) is 11.8 Å². The molecule has 1 aromatic rings. The lowest BCUT2D eigenvalue weighted by Gasteiger charge is -2.42. The Morgan fingerprint density at radius 2 is 1.88 bits per heavy atom. The van der Waals surface area contributed by atoms with E-state index in [0.717, 1.165) is 52.0 Å². The second-order valence-corrected chi connectivity index (χ2v) is 8.30. The van der Waals surface area contributed by atoms with Crippen molar-refractivity contribution in [2.24, 2.45) is 5.41 Å². The van der Waals surface area contributed by atoms with Crippen molar-refractivity contribution in [2.45, 2.75) is 45.2 Å². The Labute approximate surface area is 155 Å². The molecule has 2 saturated heterocycles. The Balaban J connectivity index is 1.44. The summed E-state index contributed by atoms with van der Waals surface area (Å²) < 4.78 is 0. The number of benzene rings is 1. The summed E-state index contributed by atoms with van der Waals surface area (Å²) in [5, 5.41) is 0. The zero-order valence-corrected chi connectivity index (χ0v) is 15.9. The van der Waals surface area contributed by atoms with Crippen LogP contribution in [-0.2, 0) is 22.6 Å². The van der Waals surface area contributed by atoms with E-state index in [1.165, 1.54) is 11.1 Å². The summed E-state index contributed by atoms with van der Waals surface area (Å²) in [6.07, 6.45) is 3.36. The molecule has 1 aromatic carbocycles. The van der Waals surface area contributed by atoms with E-state index in [-0.39, 0.29) is 23.3 Å². The highest BCUT2D eigenvalue weighted by Crippen LogP contribution is 2.40. The molecular formula is C21H29N3O2. The molecule has 0 saturated carbocycles. The quantitative estimate of drug-likeness (QED) is 0.814. The van der Waals surface area contributed by atoms with Gasteiger partial charge in [0.15, 0.2) is 0 Å². The Morgan fingerprint density at radius 3 is 2.50 bits per heavy atom. The van der Waals surface area contributed by atoms with Crippen molar-refractivity contribution < 1.29 is 9.59 Å². The SMILES string of the molecule is CCN1Cc2ccccc2C[C@@H]1C(=O)N1CCC2(CC1)CC(=O)N(C)C2. The number of amides is 2. The van der Waals surface area contributed by atoms with Gasteiger partial charge < -0.3 is 9.80 Å². The molecule has 2 amide bonds. The summed E-state index contributed by atoms with van der Waals surface area (Å²) in [7, 11) is 1.90. The summed E-state index contributed by atoms with van der Waals surface area (Å²) >= 11 is 0. The molecule has 3 aliphatic rings. The molecule has 5 nitrogen and oxygen atoms in total. The fourth-order valence-corrected chi connectivity index (χ4v) is 5.00. The highest BCUT2D eigenvalue weighted by Gasteiger charge is 2.45. The van der Waals surface area contributed by atoms with E-state index in [2.05, 4.69) is 41.0 Å². The summed E-state index contributed by atoms with van der Waals surface area (Å²) in [6.45, 7) is 6.32. The average Bonchev–Trinajstić information content (AvgIpc) is 2.93. The molecule has 26 heavy (non-hydrogen) atoms. The van der Waals surface area contributed by atoms with E-state index in [4.69, 9.17) is 0 Å².